The molecule has 0 unspecified atom stereocenters. The summed E-state index contributed by atoms with van der Waals surface area (Å²) in [5.41, 5.74) is 2.82. The predicted octanol–water partition coefficient (Wildman–Crippen LogP) is 3.76. The van der Waals surface area contributed by atoms with Gasteiger partial charge in [-0.1, -0.05) is 42.8 Å². The van der Waals surface area contributed by atoms with Crippen molar-refractivity contribution in [3.63, 3.8) is 0 Å². The van der Waals surface area contributed by atoms with E-state index in [-0.39, 0.29) is 0 Å². The first-order valence-corrected chi connectivity index (χ1v) is 5.31. The summed E-state index contributed by atoms with van der Waals surface area (Å²) in [6.45, 7) is 2.08. The molecule has 0 bridgehead atoms. The Balaban J connectivity index is 2.49. The zero-order valence-electron chi connectivity index (χ0n) is 8.50. The Kier molecular flexibility index (Phi) is 3.02. The van der Waals surface area contributed by atoms with Gasteiger partial charge in [-0.25, -0.2) is 0 Å². The van der Waals surface area contributed by atoms with Gasteiger partial charge in [-0.05, 0) is 18.6 Å². The van der Waals surface area contributed by atoms with Crippen molar-refractivity contribution in [2.75, 3.05) is 0 Å². The van der Waals surface area contributed by atoms with Crippen LogP contribution in [0.4, 0.5) is 0 Å². The molecular weight excluding hydrogens is 206 g/mol. The van der Waals surface area contributed by atoms with Crippen LogP contribution in [0.2, 0.25) is 5.02 Å². The summed E-state index contributed by atoms with van der Waals surface area (Å²) in [4.78, 5) is 4.48. The Hall–Kier alpha value is -1.34. The molecule has 1 heterocycles. The number of aromatic nitrogens is 1. The highest BCUT2D eigenvalue weighted by molar-refractivity contribution is 6.33. The van der Waals surface area contributed by atoms with E-state index in [0.29, 0.717) is 0 Å². The van der Waals surface area contributed by atoms with Crippen LogP contribution < -0.4 is 0 Å². The summed E-state index contributed by atoms with van der Waals surface area (Å²) in [7, 11) is 0. The fourth-order valence-electron chi connectivity index (χ4n) is 1.42. The molecule has 0 N–H and O–H groups in total. The first-order valence-electron chi connectivity index (χ1n) is 4.93. The molecule has 1 aromatic heterocycles. The molecule has 0 aliphatic carbocycles. The Morgan fingerprint density at radius 1 is 1.27 bits per heavy atom. The van der Waals surface area contributed by atoms with E-state index in [4.69, 9.17) is 11.6 Å². The Labute approximate surface area is 94.7 Å². The topological polar surface area (TPSA) is 12.9 Å². The van der Waals surface area contributed by atoms with Crippen molar-refractivity contribution in [2.24, 2.45) is 0 Å². The molecule has 1 nitrogen and oxygen atoms in total. The van der Waals surface area contributed by atoms with Crippen molar-refractivity contribution in [3.05, 3.63) is 53.2 Å². The second-order valence-corrected chi connectivity index (χ2v) is 3.67. The van der Waals surface area contributed by atoms with Gasteiger partial charge < -0.3 is 0 Å². The molecular formula is C13H11ClN. The first-order chi connectivity index (χ1) is 7.31. The molecule has 1 radical (unpaired) electrons. The number of pyridine rings is 1. The molecule has 0 atom stereocenters. The Morgan fingerprint density at radius 3 is 2.80 bits per heavy atom. The van der Waals surface area contributed by atoms with Gasteiger partial charge in [0.15, 0.2) is 0 Å². The highest BCUT2D eigenvalue weighted by Gasteiger charge is 2.04. The molecule has 15 heavy (non-hydrogen) atoms. The van der Waals surface area contributed by atoms with Gasteiger partial charge in [-0.3, -0.25) is 4.98 Å². The maximum atomic E-state index is 6.09. The summed E-state index contributed by atoms with van der Waals surface area (Å²) in [5, 5.41) is 0.717. The number of benzene rings is 1. The third-order valence-electron chi connectivity index (χ3n) is 2.24. The van der Waals surface area contributed by atoms with E-state index in [1.807, 2.05) is 36.4 Å². The van der Waals surface area contributed by atoms with Crippen LogP contribution in [0.3, 0.4) is 0 Å². The Morgan fingerprint density at radius 2 is 2.07 bits per heavy atom. The van der Waals surface area contributed by atoms with E-state index in [1.165, 1.54) is 0 Å². The minimum Gasteiger partial charge on any atom is -0.252 e. The van der Waals surface area contributed by atoms with Crippen LogP contribution >= 0.6 is 11.6 Å². The van der Waals surface area contributed by atoms with Crippen molar-refractivity contribution < 1.29 is 0 Å². The van der Waals surface area contributed by atoms with Crippen LogP contribution in [-0.2, 0) is 6.42 Å². The van der Waals surface area contributed by atoms with Crippen LogP contribution in [-0.4, -0.2) is 4.98 Å². The molecule has 2 rings (SSSR count). The molecule has 2 aromatic rings. The average molecular weight is 217 g/mol. The molecule has 0 aliphatic rings. The van der Waals surface area contributed by atoms with E-state index >= 15 is 0 Å². The van der Waals surface area contributed by atoms with E-state index in [0.717, 1.165) is 28.4 Å². The van der Waals surface area contributed by atoms with Gasteiger partial charge >= 0.3 is 0 Å². The highest BCUT2D eigenvalue weighted by Crippen LogP contribution is 2.25. The fraction of sp³-hybridized carbons (Fsp3) is 0.154. The zero-order chi connectivity index (χ0) is 10.7. The van der Waals surface area contributed by atoms with E-state index in [1.54, 1.807) is 0 Å². The van der Waals surface area contributed by atoms with Gasteiger partial charge in [0, 0.05) is 22.3 Å². The molecule has 75 valence electrons. The number of hydrogen-bond acceptors (Lipinski definition) is 1. The lowest BCUT2D eigenvalue weighted by atomic mass is 10.1. The maximum absolute atomic E-state index is 6.09. The molecule has 0 fully saturated rings. The van der Waals surface area contributed by atoms with Gasteiger partial charge in [0.25, 0.3) is 0 Å². The molecule has 0 saturated carbocycles. The number of nitrogens with zero attached hydrogens (tertiary/aromatic N) is 1. The van der Waals surface area contributed by atoms with Gasteiger partial charge in [0.2, 0.25) is 0 Å². The molecule has 1 aromatic carbocycles. The maximum Gasteiger partial charge on any atom is 0.0799 e. The Bertz CT molecular complexity index is 466. The first kappa shape index (κ1) is 10.2. The van der Waals surface area contributed by atoms with Crippen molar-refractivity contribution >= 4 is 11.6 Å². The average Bonchev–Trinajstić information content (AvgIpc) is 2.30. The van der Waals surface area contributed by atoms with Gasteiger partial charge in [-0.15, -0.1) is 0 Å². The lowest BCUT2D eigenvalue weighted by Gasteiger charge is -2.04. The molecule has 0 spiro atoms. The standard InChI is InChI=1S/C13H11ClN/c1-2-10-6-5-9-13(15-10)11-7-3-4-8-12(11)14/h3-8H,2H2,1H3. The number of hydrogen-bond donors (Lipinski definition) is 0. The summed E-state index contributed by atoms with van der Waals surface area (Å²) < 4.78 is 0. The van der Waals surface area contributed by atoms with Crippen molar-refractivity contribution in [2.45, 2.75) is 13.3 Å². The quantitative estimate of drug-likeness (QED) is 0.745. The smallest absolute Gasteiger partial charge is 0.0799 e. The SMILES string of the molecule is CCc1cc[c]c(-c2ccccc2Cl)n1. The van der Waals surface area contributed by atoms with Crippen LogP contribution in [0.15, 0.2) is 36.4 Å². The molecule has 2 heteroatoms. The predicted molar refractivity (Wildman–Crippen MR) is 62.9 cm³/mol. The van der Waals surface area contributed by atoms with E-state index in [9.17, 15) is 0 Å². The van der Waals surface area contributed by atoms with Gasteiger partial charge in [-0.2, -0.15) is 0 Å². The molecule has 0 amide bonds. The minimum atomic E-state index is 0.717. The van der Waals surface area contributed by atoms with Crippen molar-refractivity contribution in [1.82, 2.24) is 4.98 Å². The second-order valence-electron chi connectivity index (χ2n) is 3.26. The van der Waals surface area contributed by atoms with Crippen LogP contribution in [0, 0.1) is 6.07 Å². The van der Waals surface area contributed by atoms with E-state index in [2.05, 4.69) is 18.0 Å². The summed E-state index contributed by atoms with van der Waals surface area (Å²) in [6.07, 6.45) is 0.923. The van der Waals surface area contributed by atoms with E-state index < -0.39 is 0 Å². The van der Waals surface area contributed by atoms with Crippen molar-refractivity contribution in [1.29, 1.82) is 0 Å². The lowest BCUT2D eigenvalue weighted by molar-refractivity contribution is 1.04. The van der Waals surface area contributed by atoms with Crippen LogP contribution in [0.1, 0.15) is 12.6 Å². The monoisotopic (exact) mass is 216 g/mol. The van der Waals surface area contributed by atoms with Gasteiger partial charge in [0.1, 0.15) is 0 Å². The third kappa shape index (κ3) is 2.18. The fourth-order valence-corrected chi connectivity index (χ4v) is 1.64. The van der Waals surface area contributed by atoms with Crippen LogP contribution in [0.25, 0.3) is 11.3 Å². The van der Waals surface area contributed by atoms with Crippen molar-refractivity contribution in [3.8, 4) is 11.3 Å². The largest absolute Gasteiger partial charge is 0.252 e. The summed E-state index contributed by atoms with van der Waals surface area (Å²) in [5.74, 6) is 0. The minimum absolute atomic E-state index is 0.717. The number of aryl methyl sites for hydroxylation is 1. The second kappa shape index (κ2) is 4.45. The van der Waals surface area contributed by atoms with Gasteiger partial charge in [0.05, 0.1) is 5.69 Å². The third-order valence-corrected chi connectivity index (χ3v) is 2.57. The number of rotatable bonds is 2. The normalized spacial score (nSPS) is 10.3. The lowest BCUT2D eigenvalue weighted by Crippen LogP contribution is -1.90. The number of halogens is 1. The van der Waals surface area contributed by atoms with Crippen LogP contribution in [0.5, 0.6) is 0 Å². The summed E-state index contributed by atoms with van der Waals surface area (Å²) >= 11 is 6.09. The zero-order valence-corrected chi connectivity index (χ0v) is 9.25. The summed E-state index contributed by atoms with van der Waals surface area (Å²) in [6, 6.07) is 14.7. The molecule has 0 aliphatic heterocycles. The molecule has 0 saturated heterocycles. The highest BCUT2D eigenvalue weighted by atomic mass is 35.5.